The molecule has 0 aliphatic heterocycles. The number of nitriles is 1. The van der Waals surface area contributed by atoms with Gasteiger partial charge in [-0.15, -0.1) is 0 Å². The third-order valence-corrected chi connectivity index (χ3v) is 3.14. The van der Waals surface area contributed by atoms with Crippen LogP contribution in [0.1, 0.15) is 40.4 Å². The average molecular weight is 324 g/mol. The van der Waals surface area contributed by atoms with Gasteiger partial charge in [0.1, 0.15) is 11.4 Å². The Morgan fingerprint density at radius 3 is 1.88 bits per heavy atom. The van der Waals surface area contributed by atoms with Crippen molar-refractivity contribution >= 4 is 11.9 Å². The van der Waals surface area contributed by atoms with E-state index < -0.39 is 11.9 Å². The standard InChI is InChI=1S/C18H16N2O4/c1-3-23-17(21)15-9-14(10-16(20-15)18(22)24-4-2)13-7-5-12(11-19)6-8-13/h5-10H,3-4H2,1-2H3. The van der Waals surface area contributed by atoms with Crippen LogP contribution in [0.5, 0.6) is 0 Å². The number of carbonyl (C=O) groups excluding carboxylic acids is 2. The summed E-state index contributed by atoms with van der Waals surface area (Å²) in [6, 6.07) is 11.9. The molecule has 1 aromatic carbocycles. The predicted octanol–water partition coefficient (Wildman–Crippen LogP) is 2.97. The summed E-state index contributed by atoms with van der Waals surface area (Å²) in [7, 11) is 0. The minimum Gasteiger partial charge on any atom is -0.461 e. The monoisotopic (exact) mass is 324 g/mol. The van der Waals surface area contributed by atoms with Crippen LogP contribution in [0.15, 0.2) is 36.4 Å². The van der Waals surface area contributed by atoms with Gasteiger partial charge in [-0.25, -0.2) is 14.6 Å². The summed E-state index contributed by atoms with van der Waals surface area (Å²) in [5.74, 6) is -1.22. The Balaban J connectivity index is 2.50. The third-order valence-electron chi connectivity index (χ3n) is 3.14. The van der Waals surface area contributed by atoms with Crippen LogP contribution in [-0.2, 0) is 9.47 Å². The molecule has 0 saturated carbocycles. The lowest BCUT2D eigenvalue weighted by Gasteiger charge is -2.08. The van der Waals surface area contributed by atoms with E-state index >= 15 is 0 Å². The number of aromatic nitrogens is 1. The van der Waals surface area contributed by atoms with Gasteiger partial charge < -0.3 is 9.47 Å². The summed E-state index contributed by atoms with van der Waals surface area (Å²) in [5, 5.41) is 8.87. The quantitative estimate of drug-likeness (QED) is 0.786. The molecule has 0 aliphatic rings. The van der Waals surface area contributed by atoms with Crippen molar-refractivity contribution in [3.05, 3.63) is 53.3 Å². The fraction of sp³-hybridized carbons (Fsp3) is 0.222. The SMILES string of the molecule is CCOC(=O)c1cc(-c2ccc(C#N)cc2)cc(C(=O)OCC)n1. The number of esters is 2. The first-order valence-electron chi connectivity index (χ1n) is 7.45. The molecule has 122 valence electrons. The highest BCUT2D eigenvalue weighted by atomic mass is 16.5. The normalized spacial score (nSPS) is 9.88. The second-order valence-corrected chi connectivity index (χ2v) is 4.76. The van der Waals surface area contributed by atoms with E-state index in [0.717, 1.165) is 5.56 Å². The van der Waals surface area contributed by atoms with Crippen molar-refractivity contribution in [3.8, 4) is 17.2 Å². The third kappa shape index (κ3) is 3.96. The minimum absolute atomic E-state index is 0.0294. The minimum atomic E-state index is -0.612. The Labute approximate surface area is 139 Å². The van der Waals surface area contributed by atoms with Crippen LogP contribution in [0.4, 0.5) is 0 Å². The van der Waals surface area contributed by atoms with Gasteiger partial charge in [-0.2, -0.15) is 5.26 Å². The van der Waals surface area contributed by atoms with Crippen LogP contribution in [0.2, 0.25) is 0 Å². The number of nitrogens with zero attached hydrogens (tertiary/aromatic N) is 2. The van der Waals surface area contributed by atoms with E-state index in [9.17, 15) is 9.59 Å². The van der Waals surface area contributed by atoms with Gasteiger partial charge in [0.25, 0.3) is 0 Å². The molecule has 1 aromatic heterocycles. The molecule has 0 amide bonds. The lowest BCUT2D eigenvalue weighted by Crippen LogP contribution is -2.13. The summed E-state index contributed by atoms with van der Waals surface area (Å²) in [6.07, 6.45) is 0. The molecule has 0 unspecified atom stereocenters. The van der Waals surface area contributed by atoms with E-state index in [0.29, 0.717) is 11.1 Å². The van der Waals surface area contributed by atoms with Crippen molar-refractivity contribution in [2.75, 3.05) is 13.2 Å². The molecule has 0 atom stereocenters. The molecule has 0 bridgehead atoms. The highest BCUT2D eigenvalue weighted by Crippen LogP contribution is 2.22. The number of rotatable bonds is 5. The van der Waals surface area contributed by atoms with Crippen LogP contribution < -0.4 is 0 Å². The van der Waals surface area contributed by atoms with Crippen molar-refractivity contribution in [1.29, 1.82) is 5.26 Å². The van der Waals surface area contributed by atoms with Gasteiger partial charge in [0.15, 0.2) is 0 Å². The van der Waals surface area contributed by atoms with Crippen molar-refractivity contribution in [3.63, 3.8) is 0 Å². The topological polar surface area (TPSA) is 89.3 Å². The zero-order valence-corrected chi connectivity index (χ0v) is 13.4. The lowest BCUT2D eigenvalue weighted by molar-refractivity contribution is 0.0511. The largest absolute Gasteiger partial charge is 0.461 e. The Bertz CT molecular complexity index is 755. The molecule has 0 radical (unpaired) electrons. The molecule has 0 aliphatic carbocycles. The average Bonchev–Trinajstić information content (AvgIpc) is 2.62. The van der Waals surface area contributed by atoms with Crippen LogP contribution in [-0.4, -0.2) is 30.1 Å². The summed E-state index contributed by atoms with van der Waals surface area (Å²) < 4.78 is 9.91. The Morgan fingerprint density at radius 1 is 0.958 bits per heavy atom. The highest BCUT2D eigenvalue weighted by molar-refractivity contribution is 5.94. The zero-order valence-electron chi connectivity index (χ0n) is 13.4. The maximum absolute atomic E-state index is 12.0. The maximum Gasteiger partial charge on any atom is 0.356 e. The van der Waals surface area contributed by atoms with E-state index in [1.165, 1.54) is 0 Å². The molecule has 2 rings (SSSR count). The van der Waals surface area contributed by atoms with Crippen LogP contribution in [0, 0.1) is 11.3 Å². The number of hydrogen-bond acceptors (Lipinski definition) is 6. The van der Waals surface area contributed by atoms with Crippen molar-refractivity contribution in [2.45, 2.75) is 13.8 Å². The first-order chi connectivity index (χ1) is 11.6. The predicted molar refractivity (Wildman–Crippen MR) is 86.3 cm³/mol. The smallest absolute Gasteiger partial charge is 0.356 e. The molecule has 24 heavy (non-hydrogen) atoms. The Morgan fingerprint density at radius 2 is 1.46 bits per heavy atom. The molecule has 0 N–H and O–H groups in total. The number of hydrogen-bond donors (Lipinski definition) is 0. The van der Waals surface area contributed by atoms with Gasteiger partial charge in [-0.1, -0.05) is 12.1 Å². The van der Waals surface area contributed by atoms with Crippen LogP contribution >= 0.6 is 0 Å². The van der Waals surface area contributed by atoms with Gasteiger partial charge in [-0.3, -0.25) is 0 Å². The second-order valence-electron chi connectivity index (χ2n) is 4.76. The van der Waals surface area contributed by atoms with E-state index in [-0.39, 0.29) is 24.6 Å². The fourth-order valence-corrected chi connectivity index (χ4v) is 2.05. The number of ether oxygens (including phenoxy) is 2. The second kappa shape index (κ2) is 7.88. The molecule has 6 nitrogen and oxygen atoms in total. The zero-order chi connectivity index (χ0) is 17.5. The lowest BCUT2D eigenvalue weighted by atomic mass is 10.0. The van der Waals surface area contributed by atoms with Gasteiger partial charge in [0.2, 0.25) is 0 Å². The highest BCUT2D eigenvalue weighted by Gasteiger charge is 2.17. The van der Waals surface area contributed by atoms with Crippen molar-refractivity contribution in [1.82, 2.24) is 4.98 Å². The van der Waals surface area contributed by atoms with E-state index in [2.05, 4.69) is 4.98 Å². The van der Waals surface area contributed by atoms with Gasteiger partial charge in [-0.05, 0) is 49.2 Å². The first-order valence-corrected chi connectivity index (χ1v) is 7.45. The number of benzene rings is 1. The van der Waals surface area contributed by atoms with E-state index in [4.69, 9.17) is 14.7 Å². The molecule has 0 fully saturated rings. The molecule has 2 aromatic rings. The Kier molecular flexibility index (Phi) is 5.63. The molecule has 1 heterocycles. The van der Waals surface area contributed by atoms with Crippen LogP contribution in [0.3, 0.4) is 0 Å². The fourth-order valence-electron chi connectivity index (χ4n) is 2.05. The van der Waals surface area contributed by atoms with Gasteiger partial charge in [0, 0.05) is 0 Å². The van der Waals surface area contributed by atoms with Gasteiger partial charge >= 0.3 is 11.9 Å². The summed E-state index contributed by atoms with van der Waals surface area (Å²) in [6.45, 7) is 3.79. The van der Waals surface area contributed by atoms with Crippen molar-refractivity contribution < 1.29 is 19.1 Å². The first kappa shape index (κ1) is 17.2. The maximum atomic E-state index is 12.0. The molecule has 0 saturated heterocycles. The molecular formula is C18H16N2O4. The molecular weight excluding hydrogens is 308 g/mol. The van der Waals surface area contributed by atoms with E-state index in [1.807, 2.05) is 6.07 Å². The molecule has 0 spiro atoms. The van der Waals surface area contributed by atoms with Gasteiger partial charge in [0.05, 0.1) is 24.8 Å². The summed E-state index contributed by atoms with van der Waals surface area (Å²) in [5.41, 5.74) is 1.93. The molecule has 6 heteroatoms. The Hall–Kier alpha value is -3.20. The van der Waals surface area contributed by atoms with Crippen LogP contribution in [0.25, 0.3) is 11.1 Å². The summed E-state index contributed by atoms with van der Waals surface area (Å²) >= 11 is 0. The van der Waals surface area contributed by atoms with Crippen molar-refractivity contribution in [2.24, 2.45) is 0 Å². The van der Waals surface area contributed by atoms with E-state index in [1.54, 1.807) is 50.2 Å². The number of pyridine rings is 1. The summed E-state index contributed by atoms with van der Waals surface area (Å²) in [4.78, 5) is 28.0. The number of carbonyl (C=O) groups is 2.